The van der Waals surface area contributed by atoms with Crippen molar-refractivity contribution in [3.05, 3.63) is 95.3 Å². The Bertz CT molecular complexity index is 1160. The highest BCUT2D eigenvalue weighted by atomic mass is 19.1. The zero-order chi connectivity index (χ0) is 21.8. The zero-order valence-corrected chi connectivity index (χ0v) is 16.7. The fourth-order valence-corrected chi connectivity index (χ4v) is 3.20. The number of anilines is 1. The molecule has 31 heavy (non-hydrogen) atoms. The lowest BCUT2D eigenvalue weighted by molar-refractivity contribution is -0.117. The molecule has 0 radical (unpaired) electrons. The van der Waals surface area contributed by atoms with E-state index in [0.717, 1.165) is 0 Å². The van der Waals surface area contributed by atoms with Gasteiger partial charge in [0.05, 0.1) is 12.8 Å². The van der Waals surface area contributed by atoms with Crippen LogP contribution >= 0.6 is 0 Å². The summed E-state index contributed by atoms with van der Waals surface area (Å²) in [5.74, 6) is -0.701. The molecule has 1 aliphatic rings. The molecule has 1 N–H and O–H groups in total. The number of carbonyl (C=O) groups excluding carboxylic acids is 2. The fraction of sp³-hybridized carbons (Fsp3) is 0.0833. The van der Waals surface area contributed by atoms with E-state index in [1.807, 2.05) is 6.07 Å². The van der Waals surface area contributed by atoms with Gasteiger partial charge in [0, 0.05) is 11.1 Å². The number of carbonyl (C=O) groups is 2. The van der Waals surface area contributed by atoms with Crippen LogP contribution < -0.4 is 19.9 Å². The van der Waals surface area contributed by atoms with Gasteiger partial charge in [0.1, 0.15) is 18.0 Å². The second-order valence-corrected chi connectivity index (χ2v) is 6.73. The maximum Gasteiger partial charge on any atom is 0.282 e. The zero-order valence-electron chi connectivity index (χ0n) is 16.7. The van der Waals surface area contributed by atoms with E-state index in [1.165, 1.54) is 24.3 Å². The summed E-state index contributed by atoms with van der Waals surface area (Å²) in [5.41, 5.74) is 3.89. The van der Waals surface area contributed by atoms with E-state index in [1.54, 1.807) is 60.7 Å². The number of nitrogens with zero attached hydrogens (tertiary/aromatic N) is 1. The molecule has 1 aliphatic heterocycles. The van der Waals surface area contributed by atoms with Gasteiger partial charge in [-0.15, -0.1) is 0 Å². The smallest absolute Gasteiger partial charge is 0.282 e. The minimum Gasteiger partial charge on any atom is -0.493 e. The van der Waals surface area contributed by atoms with Crippen molar-refractivity contribution in [1.29, 1.82) is 0 Å². The molecular weight excluding hydrogens is 399 g/mol. The first kappa shape index (κ1) is 20.2. The molecule has 6 nitrogen and oxygen atoms in total. The predicted octanol–water partition coefficient (Wildman–Crippen LogP) is 3.87. The number of methoxy groups -OCH3 is 1. The van der Waals surface area contributed by atoms with Crippen LogP contribution in [0, 0.1) is 5.82 Å². The molecule has 0 saturated carbocycles. The van der Waals surface area contributed by atoms with E-state index in [9.17, 15) is 14.0 Å². The average Bonchev–Trinajstić information content (AvgIpc) is 3.08. The summed E-state index contributed by atoms with van der Waals surface area (Å²) in [7, 11) is 1.48. The van der Waals surface area contributed by atoms with E-state index in [0.29, 0.717) is 28.3 Å². The lowest BCUT2D eigenvalue weighted by Crippen LogP contribution is -2.35. The average molecular weight is 418 g/mol. The van der Waals surface area contributed by atoms with Gasteiger partial charge >= 0.3 is 0 Å². The predicted molar refractivity (Wildman–Crippen MR) is 114 cm³/mol. The molecule has 4 rings (SSSR count). The van der Waals surface area contributed by atoms with Gasteiger partial charge in [0.2, 0.25) is 0 Å². The van der Waals surface area contributed by atoms with Crippen LogP contribution in [-0.2, 0) is 16.2 Å². The normalized spacial score (nSPS) is 14.6. The Morgan fingerprint density at radius 3 is 2.45 bits per heavy atom. The number of nitrogens with one attached hydrogen (secondary N) is 1. The Labute approximate surface area is 178 Å². The summed E-state index contributed by atoms with van der Waals surface area (Å²) in [5, 5.41) is 1.19. The molecule has 156 valence electrons. The molecule has 0 aliphatic carbocycles. The van der Waals surface area contributed by atoms with E-state index in [2.05, 4.69) is 5.43 Å². The Balaban J connectivity index is 1.66. The number of hydrazine groups is 1. The molecular formula is C24H19FN2O4. The van der Waals surface area contributed by atoms with Crippen LogP contribution in [0.25, 0.3) is 6.08 Å². The van der Waals surface area contributed by atoms with Gasteiger partial charge in [-0.2, -0.15) is 0 Å². The highest BCUT2D eigenvalue weighted by molar-refractivity contribution is 6.31. The lowest BCUT2D eigenvalue weighted by Gasteiger charge is -2.14. The standard InChI is InChI=1S/C24H19FN2O4/c1-30-21-13-7-9-16(22(21)31-15-17-8-5-6-12-20(17)25)14-19-23(28)26-27(24(19)29)18-10-3-2-4-11-18/h2-14H,15H2,1H3,(H,26,28)/b19-14+. The maximum absolute atomic E-state index is 14.0. The number of amides is 2. The highest BCUT2D eigenvalue weighted by Crippen LogP contribution is 2.34. The van der Waals surface area contributed by atoms with Crippen molar-refractivity contribution >= 4 is 23.6 Å². The van der Waals surface area contributed by atoms with Crippen LogP contribution in [0.1, 0.15) is 11.1 Å². The summed E-state index contributed by atoms with van der Waals surface area (Å²) in [6.45, 7) is -0.0422. The summed E-state index contributed by atoms with van der Waals surface area (Å²) < 4.78 is 25.2. The molecule has 3 aromatic carbocycles. The monoisotopic (exact) mass is 418 g/mol. The van der Waals surface area contributed by atoms with Crippen molar-refractivity contribution in [1.82, 2.24) is 5.43 Å². The van der Waals surface area contributed by atoms with Gasteiger partial charge in [0.15, 0.2) is 11.5 Å². The SMILES string of the molecule is COc1cccc(/C=C2\C(=O)NN(c3ccccc3)C2=O)c1OCc1ccccc1F. The Morgan fingerprint density at radius 2 is 1.71 bits per heavy atom. The lowest BCUT2D eigenvalue weighted by atomic mass is 10.1. The van der Waals surface area contributed by atoms with Crippen LogP contribution in [0.4, 0.5) is 10.1 Å². The summed E-state index contributed by atoms with van der Waals surface area (Å²) in [6, 6.07) is 20.2. The molecule has 1 fully saturated rings. The van der Waals surface area contributed by atoms with E-state index in [-0.39, 0.29) is 18.0 Å². The van der Waals surface area contributed by atoms with Crippen LogP contribution in [-0.4, -0.2) is 18.9 Å². The number of benzene rings is 3. The Morgan fingerprint density at radius 1 is 0.968 bits per heavy atom. The Kier molecular flexibility index (Phi) is 5.66. The van der Waals surface area contributed by atoms with E-state index >= 15 is 0 Å². The van der Waals surface area contributed by atoms with E-state index < -0.39 is 11.8 Å². The van der Waals surface area contributed by atoms with Crippen LogP contribution in [0.5, 0.6) is 11.5 Å². The Hall–Kier alpha value is -4.13. The van der Waals surface area contributed by atoms with Crippen molar-refractivity contribution < 1.29 is 23.5 Å². The molecule has 0 aromatic heterocycles. The quantitative estimate of drug-likeness (QED) is 0.487. The number of rotatable bonds is 6. The first-order valence-corrected chi connectivity index (χ1v) is 9.54. The fourth-order valence-electron chi connectivity index (χ4n) is 3.20. The maximum atomic E-state index is 14.0. The van der Waals surface area contributed by atoms with Gasteiger partial charge in [-0.05, 0) is 30.3 Å². The summed E-state index contributed by atoms with van der Waals surface area (Å²) in [4.78, 5) is 25.4. The molecule has 0 spiro atoms. The molecule has 2 amide bonds. The van der Waals surface area contributed by atoms with Crippen molar-refractivity contribution in [2.45, 2.75) is 6.61 Å². The summed E-state index contributed by atoms with van der Waals surface area (Å²) >= 11 is 0. The van der Waals surface area contributed by atoms with Crippen molar-refractivity contribution in [2.75, 3.05) is 12.1 Å². The van der Waals surface area contributed by atoms with Crippen LogP contribution in [0.3, 0.4) is 0 Å². The molecule has 7 heteroatoms. The van der Waals surface area contributed by atoms with Crippen molar-refractivity contribution in [2.24, 2.45) is 0 Å². The second kappa shape index (κ2) is 8.71. The number of para-hydroxylation sites is 2. The highest BCUT2D eigenvalue weighted by Gasteiger charge is 2.34. The number of halogens is 1. The van der Waals surface area contributed by atoms with Gasteiger partial charge in [-0.1, -0.05) is 48.5 Å². The molecule has 0 bridgehead atoms. The molecule has 0 atom stereocenters. The third kappa shape index (κ3) is 4.11. The third-order valence-corrected chi connectivity index (χ3v) is 4.76. The van der Waals surface area contributed by atoms with E-state index in [4.69, 9.17) is 9.47 Å². The number of ether oxygens (including phenoxy) is 2. The van der Waals surface area contributed by atoms with Gasteiger partial charge in [-0.25, -0.2) is 9.40 Å². The molecule has 0 unspecified atom stereocenters. The minimum absolute atomic E-state index is 0.0422. The second-order valence-electron chi connectivity index (χ2n) is 6.73. The number of hydrogen-bond donors (Lipinski definition) is 1. The van der Waals surface area contributed by atoms with Crippen molar-refractivity contribution in [3.63, 3.8) is 0 Å². The topological polar surface area (TPSA) is 67.9 Å². The van der Waals surface area contributed by atoms with Crippen molar-refractivity contribution in [3.8, 4) is 11.5 Å². The number of hydrogen-bond acceptors (Lipinski definition) is 4. The molecule has 1 saturated heterocycles. The summed E-state index contributed by atoms with van der Waals surface area (Å²) in [6.07, 6.45) is 1.44. The first-order chi connectivity index (χ1) is 15.1. The molecule has 3 aromatic rings. The largest absolute Gasteiger partial charge is 0.493 e. The minimum atomic E-state index is -0.531. The molecule has 1 heterocycles. The third-order valence-electron chi connectivity index (χ3n) is 4.76. The van der Waals surface area contributed by atoms with Crippen LogP contribution in [0.15, 0.2) is 78.4 Å². The first-order valence-electron chi connectivity index (χ1n) is 9.54. The van der Waals surface area contributed by atoms with Gasteiger partial charge < -0.3 is 9.47 Å². The van der Waals surface area contributed by atoms with Gasteiger partial charge in [-0.3, -0.25) is 15.0 Å². The van der Waals surface area contributed by atoms with Crippen LogP contribution in [0.2, 0.25) is 0 Å². The van der Waals surface area contributed by atoms with Gasteiger partial charge in [0.25, 0.3) is 11.8 Å².